The van der Waals surface area contributed by atoms with Crippen LogP contribution in [0, 0.1) is 6.92 Å². The fraction of sp³-hybridized carbons (Fsp3) is 0.0714. The predicted octanol–water partition coefficient (Wildman–Crippen LogP) is 2.71. The average molecular weight is 268 g/mol. The van der Waals surface area contributed by atoms with Crippen molar-refractivity contribution in [1.82, 2.24) is 15.2 Å². The first-order chi connectivity index (χ1) is 9.65. The molecule has 0 aliphatic rings. The minimum atomic E-state index is -0.970. The van der Waals surface area contributed by atoms with Gasteiger partial charge in [-0.1, -0.05) is 12.1 Å². The van der Waals surface area contributed by atoms with Crippen molar-refractivity contribution in [2.45, 2.75) is 6.92 Å². The smallest absolute Gasteiger partial charge is 0.337 e. The molecule has 0 bridgehead atoms. The number of aryl methyl sites for hydroxylation is 1. The van der Waals surface area contributed by atoms with Crippen LogP contribution in [0.1, 0.15) is 16.1 Å². The number of aromatic amines is 1. The third kappa shape index (κ3) is 2.07. The van der Waals surface area contributed by atoms with E-state index < -0.39 is 5.97 Å². The second-order valence-corrected chi connectivity index (χ2v) is 4.42. The van der Waals surface area contributed by atoms with Crippen LogP contribution < -0.4 is 5.32 Å². The van der Waals surface area contributed by atoms with Gasteiger partial charge in [-0.2, -0.15) is 5.10 Å². The number of fused-ring (bicyclic) bond motifs is 1. The summed E-state index contributed by atoms with van der Waals surface area (Å²) < 4.78 is 0. The Morgan fingerprint density at radius 2 is 2.10 bits per heavy atom. The van der Waals surface area contributed by atoms with Crippen LogP contribution in [-0.2, 0) is 0 Å². The van der Waals surface area contributed by atoms with Crippen LogP contribution in [0.25, 0.3) is 11.0 Å². The minimum absolute atomic E-state index is 0.221. The molecule has 0 amide bonds. The maximum Gasteiger partial charge on any atom is 0.337 e. The van der Waals surface area contributed by atoms with Crippen LogP contribution in [0.4, 0.5) is 11.4 Å². The van der Waals surface area contributed by atoms with Crippen molar-refractivity contribution < 1.29 is 9.90 Å². The second kappa shape index (κ2) is 4.65. The van der Waals surface area contributed by atoms with Gasteiger partial charge >= 0.3 is 5.97 Å². The van der Waals surface area contributed by atoms with Gasteiger partial charge in [0.15, 0.2) is 5.65 Å². The van der Waals surface area contributed by atoms with Crippen molar-refractivity contribution in [3.8, 4) is 0 Å². The number of para-hydroxylation sites is 1. The van der Waals surface area contributed by atoms with Crippen LogP contribution in [-0.4, -0.2) is 26.3 Å². The molecule has 0 unspecified atom stereocenters. The Morgan fingerprint density at radius 1 is 1.30 bits per heavy atom. The number of carbonyl (C=O) groups is 1. The van der Waals surface area contributed by atoms with Crippen LogP contribution >= 0.6 is 0 Å². The molecule has 0 atom stereocenters. The number of pyridine rings is 1. The highest BCUT2D eigenvalue weighted by atomic mass is 16.4. The summed E-state index contributed by atoms with van der Waals surface area (Å²) in [6.07, 6.45) is 1.66. The van der Waals surface area contributed by atoms with Crippen LogP contribution in [0.5, 0.6) is 0 Å². The van der Waals surface area contributed by atoms with E-state index in [9.17, 15) is 9.90 Å². The molecule has 0 saturated heterocycles. The zero-order valence-electron chi connectivity index (χ0n) is 10.7. The Bertz CT molecular complexity index is 795. The quantitative estimate of drug-likeness (QED) is 0.679. The van der Waals surface area contributed by atoms with Gasteiger partial charge in [-0.3, -0.25) is 5.10 Å². The topological polar surface area (TPSA) is 90.9 Å². The lowest BCUT2D eigenvalue weighted by Crippen LogP contribution is -2.03. The summed E-state index contributed by atoms with van der Waals surface area (Å²) in [5.74, 6) is -0.970. The van der Waals surface area contributed by atoms with Gasteiger partial charge in [-0.15, -0.1) is 0 Å². The highest BCUT2D eigenvalue weighted by Crippen LogP contribution is 2.27. The van der Waals surface area contributed by atoms with Crippen LogP contribution in [0.2, 0.25) is 0 Å². The molecule has 3 aromatic rings. The lowest BCUT2D eigenvalue weighted by atomic mass is 10.1. The first-order valence-corrected chi connectivity index (χ1v) is 6.05. The number of rotatable bonds is 3. The standard InChI is InChI=1S/C14H12N4O2/c1-8-6-12(10-7-15-18-13(10)16-8)17-11-5-3-2-4-9(11)14(19)20/h2-7H,1H3,(H,19,20)(H2,15,16,17,18). The fourth-order valence-electron chi connectivity index (χ4n) is 2.08. The summed E-state index contributed by atoms with van der Waals surface area (Å²) in [5, 5.41) is 19.9. The zero-order chi connectivity index (χ0) is 14.1. The molecule has 0 aliphatic carbocycles. The van der Waals surface area contributed by atoms with Crippen LogP contribution in [0.15, 0.2) is 36.5 Å². The molecule has 0 fully saturated rings. The van der Waals surface area contributed by atoms with Crippen molar-refractivity contribution in [1.29, 1.82) is 0 Å². The number of H-pyrrole nitrogens is 1. The van der Waals surface area contributed by atoms with Gasteiger partial charge in [0.1, 0.15) is 0 Å². The Kier molecular flexibility index (Phi) is 2.83. The Hall–Kier alpha value is -2.89. The van der Waals surface area contributed by atoms with E-state index in [0.29, 0.717) is 11.3 Å². The number of carboxylic acid groups (broad SMARTS) is 1. The normalized spacial score (nSPS) is 10.7. The molecule has 6 nitrogen and oxygen atoms in total. The van der Waals surface area contributed by atoms with E-state index in [-0.39, 0.29) is 5.56 Å². The van der Waals surface area contributed by atoms with E-state index in [1.54, 1.807) is 30.5 Å². The van der Waals surface area contributed by atoms with E-state index in [1.165, 1.54) is 0 Å². The maximum absolute atomic E-state index is 11.2. The van der Waals surface area contributed by atoms with Crippen molar-refractivity contribution in [3.05, 3.63) is 47.8 Å². The van der Waals surface area contributed by atoms with Gasteiger partial charge < -0.3 is 10.4 Å². The lowest BCUT2D eigenvalue weighted by molar-refractivity contribution is 0.0698. The first-order valence-electron chi connectivity index (χ1n) is 6.05. The van der Waals surface area contributed by atoms with Gasteiger partial charge in [0.25, 0.3) is 0 Å². The number of hydrogen-bond acceptors (Lipinski definition) is 4. The number of nitrogens with one attached hydrogen (secondary N) is 2. The molecule has 0 radical (unpaired) electrons. The highest BCUT2D eigenvalue weighted by Gasteiger charge is 2.11. The third-order valence-corrected chi connectivity index (χ3v) is 2.98. The average Bonchev–Trinajstić information content (AvgIpc) is 2.87. The van der Waals surface area contributed by atoms with Gasteiger partial charge in [-0.05, 0) is 25.1 Å². The lowest BCUT2D eigenvalue weighted by Gasteiger charge is -2.10. The van der Waals surface area contributed by atoms with Gasteiger partial charge in [0.2, 0.25) is 0 Å². The zero-order valence-corrected chi connectivity index (χ0v) is 10.7. The Labute approximate surface area is 114 Å². The SMILES string of the molecule is Cc1cc(Nc2ccccc2C(=O)O)c2cn[nH]c2n1. The van der Waals surface area contributed by atoms with Gasteiger partial charge in [0, 0.05) is 5.69 Å². The third-order valence-electron chi connectivity index (χ3n) is 2.98. The minimum Gasteiger partial charge on any atom is -0.478 e. The molecule has 6 heteroatoms. The highest BCUT2D eigenvalue weighted by molar-refractivity contribution is 5.97. The number of nitrogens with zero attached hydrogens (tertiary/aromatic N) is 2. The summed E-state index contributed by atoms with van der Waals surface area (Å²) in [5.41, 5.74) is 3.01. The molecule has 2 aromatic heterocycles. The van der Waals surface area contributed by atoms with Crippen molar-refractivity contribution in [2.75, 3.05) is 5.32 Å². The predicted molar refractivity (Wildman–Crippen MR) is 75.3 cm³/mol. The summed E-state index contributed by atoms with van der Waals surface area (Å²) in [6, 6.07) is 8.63. The molecule has 3 rings (SSSR count). The summed E-state index contributed by atoms with van der Waals surface area (Å²) in [7, 11) is 0. The molecule has 1 aromatic carbocycles. The molecule has 3 N–H and O–H groups in total. The van der Waals surface area contributed by atoms with Crippen LogP contribution in [0.3, 0.4) is 0 Å². The summed E-state index contributed by atoms with van der Waals surface area (Å²) in [6.45, 7) is 1.87. The molecule has 20 heavy (non-hydrogen) atoms. The van der Waals surface area contributed by atoms with E-state index in [2.05, 4.69) is 20.5 Å². The van der Waals surface area contributed by atoms with Gasteiger partial charge in [-0.25, -0.2) is 9.78 Å². The largest absolute Gasteiger partial charge is 0.478 e. The molecular weight excluding hydrogens is 256 g/mol. The number of benzene rings is 1. The first kappa shape index (κ1) is 12.2. The van der Waals surface area contributed by atoms with Gasteiger partial charge in [0.05, 0.1) is 28.5 Å². The monoisotopic (exact) mass is 268 g/mol. The molecular formula is C14H12N4O2. The number of anilines is 2. The molecule has 2 heterocycles. The number of carboxylic acids is 1. The molecule has 100 valence electrons. The van der Waals surface area contributed by atoms with E-state index >= 15 is 0 Å². The second-order valence-electron chi connectivity index (χ2n) is 4.42. The molecule has 0 aliphatic heterocycles. The van der Waals surface area contributed by atoms with Crippen molar-refractivity contribution in [3.63, 3.8) is 0 Å². The Morgan fingerprint density at radius 3 is 2.90 bits per heavy atom. The molecule has 0 saturated carbocycles. The van der Waals surface area contributed by atoms with Crippen molar-refractivity contribution in [2.24, 2.45) is 0 Å². The fourth-order valence-corrected chi connectivity index (χ4v) is 2.08. The summed E-state index contributed by atoms with van der Waals surface area (Å²) >= 11 is 0. The number of aromatic nitrogens is 3. The maximum atomic E-state index is 11.2. The van der Waals surface area contributed by atoms with E-state index in [0.717, 1.165) is 16.8 Å². The summed E-state index contributed by atoms with van der Waals surface area (Å²) in [4.78, 5) is 15.5. The Balaban J connectivity index is 2.10. The van der Waals surface area contributed by atoms with E-state index in [4.69, 9.17) is 0 Å². The number of aromatic carboxylic acids is 1. The number of hydrogen-bond donors (Lipinski definition) is 3. The van der Waals surface area contributed by atoms with E-state index in [1.807, 2.05) is 13.0 Å². The molecule has 0 spiro atoms. The van der Waals surface area contributed by atoms with Crippen molar-refractivity contribution >= 4 is 28.4 Å².